The van der Waals surface area contributed by atoms with Gasteiger partial charge in [0.25, 0.3) is 0 Å². The maximum atomic E-state index is 12.2. The van der Waals surface area contributed by atoms with Crippen LogP contribution in [0.2, 0.25) is 0 Å². The highest BCUT2D eigenvalue weighted by molar-refractivity contribution is 5.68. The second-order valence-electron chi connectivity index (χ2n) is 10.0. The summed E-state index contributed by atoms with van der Waals surface area (Å²) < 4.78 is 11.5. The molecule has 1 amide bonds. The van der Waals surface area contributed by atoms with Crippen molar-refractivity contribution in [3.63, 3.8) is 0 Å². The summed E-state index contributed by atoms with van der Waals surface area (Å²) in [7, 11) is 0. The summed E-state index contributed by atoms with van der Waals surface area (Å²) in [5.41, 5.74) is 3.07. The third kappa shape index (κ3) is 8.45. The SMILES string of the molecule is C=C/C=C(\CC)C(Nc1ccccc1)c1ccc(OCCN2CCN(C(=O)OC(C)(C)C)CC2)cc1. The van der Waals surface area contributed by atoms with E-state index in [2.05, 4.69) is 54.1 Å². The molecule has 1 heterocycles. The number of carbonyl (C=O) groups is 1. The van der Waals surface area contributed by atoms with E-state index in [1.807, 2.05) is 57.2 Å². The summed E-state index contributed by atoms with van der Waals surface area (Å²) in [4.78, 5) is 16.3. The lowest BCUT2D eigenvalue weighted by molar-refractivity contribution is 0.0137. The number of ether oxygens (including phenoxy) is 2. The molecule has 1 fully saturated rings. The minimum Gasteiger partial charge on any atom is -0.492 e. The van der Waals surface area contributed by atoms with Crippen molar-refractivity contribution in [2.45, 2.75) is 45.8 Å². The largest absolute Gasteiger partial charge is 0.492 e. The summed E-state index contributed by atoms with van der Waals surface area (Å²) in [6, 6.07) is 18.7. The lowest BCUT2D eigenvalue weighted by atomic mass is 9.95. The van der Waals surface area contributed by atoms with Gasteiger partial charge < -0.3 is 19.7 Å². The topological polar surface area (TPSA) is 54.0 Å². The number of anilines is 1. The summed E-state index contributed by atoms with van der Waals surface area (Å²) in [5, 5.41) is 3.66. The van der Waals surface area contributed by atoms with Crippen molar-refractivity contribution in [1.82, 2.24) is 9.80 Å². The van der Waals surface area contributed by atoms with Gasteiger partial charge in [-0.25, -0.2) is 4.79 Å². The number of carbonyl (C=O) groups excluding carboxylic acids is 1. The smallest absolute Gasteiger partial charge is 0.410 e. The van der Waals surface area contributed by atoms with Gasteiger partial charge in [-0.2, -0.15) is 0 Å². The maximum absolute atomic E-state index is 12.2. The molecule has 0 aliphatic carbocycles. The van der Waals surface area contributed by atoms with Crippen molar-refractivity contribution in [1.29, 1.82) is 0 Å². The molecule has 1 aliphatic rings. The Morgan fingerprint density at radius 2 is 1.72 bits per heavy atom. The molecule has 0 bridgehead atoms. The predicted molar refractivity (Wildman–Crippen MR) is 148 cm³/mol. The van der Waals surface area contributed by atoms with Gasteiger partial charge in [0.05, 0.1) is 6.04 Å². The zero-order valence-electron chi connectivity index (χ0n) is 22.2. The minimum atomic E-state index is -0.463. The molecule has 0 saturated carbocycles. The average molecular weight is 492 g/mol. The van der Waals surface area contributed by atoms with Crippen molar-refractivity contribution in [3.05, 3.63) is 84.5 Å². The van der Waals surface area contributed by atoms with Crippen LogP contribution in [0.5, 0.6) is 5.75 Å². The fourth-order valence-corrected chi connectivity index (χ4v) is 4.19. The molecule has 1 N–H and O–H groups in total. The van der Waals surface area contributed by atoms with Crippen LogP contribution >= 0.6 is 0 Å². The molecule has 0 aromatic heterocycles. The number of allylic oxidation sites excluding steroid dienone is 2. The number of nitrogens with one attached hydrogen (secondary N) is 1. The van der Waals surface area contributed by atoms with Crippen molar-refractivity contribution in [3.8, 4) is 5.75 Å². The molecule has 1 saturated heterocycles. The third-order valence-corrected chi connectivity index (χ3v) is 6.11. The molecule has 194 valence electrons. The fourth-order valence-electron chi connectivity index (χ4n) is 4.19. The Morgan fingerprint density at radius 1 is 1.06 bits per heavy atom. The molecule has 1 atom stereocenters. The van der Waals surface area contributed by atoms with E-state index < -0.39 is 5.60 Å². The highest BCUT2D eigenvalue weighted by Gasteiger charge is 2.25. The lowest BCUT2D eigenvalue weighted by Gasteiger charge is -2.35. The van der Waals surface area contributed by atoms with Gasteiger partial charge in [0, 0.05) is 38.4 Å². The quantitative estimate of drug-likeness (QED) is 0.396. The zero-order chi connectivity index (χ0) is 26.0. The summed E-state index contributed by atoms with van der Waals surface area (Å²) in [5.74, 6) is 0.857. The molecule has 6 heteroatoms. The number of amides is 1. The minimum absolute atomic E-state index is 0.0609. The van der Waals surface area contributed by atoms with E-state index in [0.29, 0.717) is 19.7 Å². The molecule has 2 aromatic carbocycles. The van der Waals surface area contributed by atoms with E-state index in [1.54, 1.807) is 4.90 Å². The number of hydrogen-bond acceptors (Lipinski definition) is 5. The first-order valence-corrected chi connectivity index (χ1v) is 12.8. The molecular formula is C30H41N3O3. The number of para-hydroxylation sites is 1. The molecular weight excluding hydrogens is 450 g/mol. The molecule has 1 unspecified atom stereocenters. The lowest BCUT2D eigenvalue weighted by Crippen LogP contribution is -2.50. The van der Waals surface area contributed by atoms with Crippen LogP contribution in [0.3, 0.4) is 0 Å². The van der Waals surface area contributed by atoms with Gasteiger partial charge in [-0.15, -0.1) is 0 Å². The Morgan fingerprint density at radius 3 is 2.31 bits per heavy atom. The fraction of sp³-hybridized carbons (Fsp3) is 0.433. The Kier molecular flexibility index (Phi) is 10.00. The Bertz CT molecular complexity index is 988. The normalized spacial score (nSPS) is 15.8. The van der Waals surface area contributed by atoms with Crippen LogP contribution in [-0.2, 0) is 4.74 Å². The number of piperazine rings is 1. The van der Waals surface area contributed by atoms with Crippen LogP contribution in [0.15, 0.2) is 78.9 Å². The summed E-state index contributed by atoms with van der Waals surface area (Å²) >= 11 is 0. The van der Waals surface area contributed by atoms with Crippen LogP contribution in [0.4, 0.5) is 10.5 Å². The van der Waals surface area contributed by atoms with Crippen molar-refractivity contribution in [2.75, 3.05) is 44.6 Å². The van der Waals surface area contributed by atoms with E-state index in [9.17, 15) is 4.79 Å². The Hall–Kier alpha value is -3.25. The van der Waals surface area contributed by atoms with Crippen LogP contribution < -0.4 is 10.1 Å². The Labute approximate surface area is 216 Å². The first-order chi connectivity index (χ1) is 17.3. The molecule has 1 aliphatic heterocycles. The predicted octanol–water partition coefficient (Wildman–Crippen LogP) is 6.29. The number of hydrogen-bond donors (Lipinski definition) is 1. The second kappa shape index (κ2) is 13.2. The van der Waals surface area contributed by atoms with Gasteiger partial charge in [-0.05, 0) is 62.6 Å². The standard InChI is InChI=1S/C30H41N3O3/c1-6-11-24(7-2)28(31-26-12-9-8-10-13-26)25-14-16-27(17-15-25)35-23-22-32-18-20-33(21-19-32)29(34)36-30(3,4)5/h6,8-17,28,31H,1,7,18-23H2,2-5H3/b24-11+. The van der Waals surface area contributed by atoms with Gasteiger partial charge in [0.2, 0.25) is 0 Å². The van der Waals surface area contributed by atoms with E-state index in [1.165, 1.54) is 11.1 Å². The number of nitrogens with zero attached hydrogens (tertiary/aromatic N) is 2. The van der Waals surface area contributed by atoms with E-state index in [0.717, 1.165) is 37.5 Å². The third-order valence-electron chi connectivity index (χ3n) is 6.11. The van der Waals surface area contributed by atoms with Gasteiger partial charge >= 0.3 is 6.09 Å². The van der Waals surface area contributed by atoms with Crippen molar-refractivity contribution < 1.29 is 14.3 Å². The highest BCUT2D eigenvalue weighted by atomic mass is 16.6. The van der Waals surface area contributed by atoms with E-state index in [4.69, 9.17) is 9.47 Å². The number of rotatable bonds is 10. The van der Waals surface area contributed by atoms with E-state index in [-0.39, 0.29) is 12.1 Å². The first kappa shape index (κ1) is 27.3. The molecule has 3 rings (SSSR count). The van der Waals surface area contributed by atoms with Crippen LogP contribution in [0.1, 0.15) is 45.7 Å². The van der Waals surface area contributed by atoms with E-state index >= 15 is 0 Å². The highest BCUT2D eigenvalue weighted by Crippen LogP contribution is 2.30. The van der Waals surface area contributed by atoms with Crippen LogP contribution in [-0.4, -0.2) is 60.8 Å². The van der Waals surface area contributed by atoms with Gasteiger partial charge in [0.1, 0.15) is 18.0 Å². The molecule has 6 nitrogen and oxygen atoms in total. The molecule has 2 aromatic rings. The van der Waals surface area contributed by atoms with Crippen molar-refractivity contribution >= 4 is 11.8 Å². The second-order valence-corrected chi connectivity index (χ2v) is 10.0. The van der Waals surface area contributed by atoms with Gasteiger partial charge in [0.15, 0.2) is 0 Å². The first-order valence-electron chi connectivity index (χ1n) is 12.8. The van der Waals surface area contributed by atoms with Crippen LogP contribution in [0.25, 0.3) is 0 Å². The zero-order valence-corrected chi connectivity index (χ0v) is 22.2. The monoisotopic (exact) mass is 491 g/mol. The maximum Gasteiger partial charge on any atom is 0.410 e. The van der Waals surface area contributed by atoms with Crippen molar-refractivity contribution in [2.24, 2.45) is 0 Å². The molecule has 0 spiro atoms. The summed E-state index contributed by atoms with van der Waals surface area (Å²) in [6.07, 6.45) is 4.64. The van der Waals surface area contributed by atoms with Crippen LogP contribution in [0, 0.1) is 0 Å². The molecule has 0 radical (unpaired) electrons. The molecule has 36 heavy (non-hydrogen) atoms. The van der Waals surface area contributed by atoms with Gasteiger partial charge in [-0.3, -0.25) is 4.90 Å². The number of benzene rings is 2. The van der Waals surface area contributed by atoms with Gasteiger partial charge in [-0.1, -0.05) is 56.0 Å². The Balaban J connectivity index is 1.51. The average Bonchev–Trinajstić information content (AvgIpc) is 2.86. The summed E-state index contributed by atoms with van der Waals surface area (Å²) in [6.45, 7) is 16.2.